The fourth-order valence-corrected chi connectivity index (χ4v) is 2.09. The summed E-state index contributed by atoms with van der Waals surface area (Å²) in [6.07, 6.45) is 1.15. The number of hydrogen-bond donors (Lipinski definition) is 1. The van der Waals surface area contributed by atoms with E-state index >= 15 is 0 Å². The third-order valence-electron chi connectivity index (χ3n) is 3.24. The van der Waals surface area contributed by atoms with Crippen LogP contribution in [-0.4, -0.2) is 6.10 Å². The van der Waals surface area contributed by atoms with Gasteiger partial charge in [0.25, 0.3) is 0 Å². The van der Waals surface area contributed by atoms with Crippen molar-refractivity contribution in [2.45, 2.75) is 32.9 Å². The molecule has 0 aliphatic heterocycles. The molecule has 112 valence electrons. The van der Waals surface area contributed by atoms with Gasteiger partial charge in [0.15, 0.2) is 0 Å². The quantitative estimate of drug-likeness (QED) is 0.785. The second kappa shape index (κ2) is 7.32. The third kappa shape index (κ3) is 4.64. The first-order valence-electron chi connectivity index (χ1n) is 7.03. The van der Waals surface area contributed by atoms with Gasteiger partial charge in [-0.2, -0.15) is 0 Å². The van der Waals surface area contributed by atoms with Crippen LogP contribution in [0.2, 0.25) is 5.02 Å². The zero-order valence-electron chi connectivity index (χ0n) is 12.2. The summed E-state index contributed by atoms with van der Waals surface area (Å²) in [5, 5.41) is 3.69. The average Bonchev–Trinajstić information content (AvgIpc) is 2.46. The summed E-state index contributed by atoms with van der Waals surface area (Å²) in [6, 6.07) is 12.2. The zero-order chi connectivity index (χ0) is 15.2. The van der Waals surface area contributed by atoms with Crippen molar-refractivity contribution in [3.8, 4) is 5.75 Å². The van der Waals surface area contributed by atoms with Crippen molar-refractivity contribution in [2.24, 2.45) is 0 Å². The summed E-state index contributed by atoms with van der Waals surface area (Å²) in [4.78, 5) is 0. The molecule has 1 atom stereocenters. The second-order valence-electron chi connectivity index (χ2n) is 4.95. The molecule has 1 N–H and O–H groups in total. The van der Waals surface area contributed by atoms with E-state index in [2.05, 4.69) is 12.2 Å². The van der Waals surface area contributed by atoms with Gasteiger partial charge in [-0.25, -0.2) is 4.39 Å². The molecule has 0 aliphatic carbocycles. The molecule has 0 saturated heterocycles. The highest BCUT2D eigenvalue weighted by Crippen LogP contribution is 2.22. The fraction of sp³-hybridized carbons (Fsp3) is 0.294. The maximum atomic E-state index is 13.0. The molecular weight excluding hydrogens is 289 g/mol. The molecule has 0 aliphatic rings. The normalized spacial score (nSPS) is 12.0. The molecule has 2 rings (SSSR count). The molecule has 0 radical (unpaired) electrons. The molecule has 4 heteroatoms. The molecule has 1 unspecified atom stereocenters. The molecule has 0 amide bonds. The lowest BCUT2D eigenvalue weighted by Crippen LogP contribution is -2.09. The van der Waals surface area contributed by atoms with Crippen molar-refractivity contribution in [3.63, 3.8) is 0 Å². The Morgan fingerprint density at radius 1 is 1.24 bits per heavy atom. The monoisotopic (exact) mass is 307 g/mol. The van der Waals surface area contributed by atoms with Crippen molar-refractivity contribution in [1.29, 1.82) is 0 Å². The van der Waals surface area contributed by atoms with Crippen LogP contribution in [0.5, 0.6) is 5.75 Å². The summed E-state index contributed by atoms with van der Waals surface area (Å²) in [7, 11) is 0. The van der Waals surface area contributed by atoms with E-state index < -0.39 is 0 Å². The van der Waals surface area contributed by atoms with E-state index in [4.69, 9.17) is 16.3 Å². The Morgan fingerprint density at radius 3 is 2.76 bits per heavy atom. The van der Waals surface area contributed by atoms with Gasteiger partial charge in [-0.15, -0.1) is 0 Å². The van der Waals surface area contributed by atoms with Crippen LogP contribution in [0.4, 0.5) is 10.1 Å². The second-order valence-corrected chi connectivity index (χ2v) is 5.36. The molecule has 0 fully saturated rings. The smallest absolute Gasteiger partial charge is 0.124 e. The van der Waals surface area contributed by atoms with Gasteiger partial charge in [-0.3, -0.25) is 0 Å². The van der Waals surface area contributed by atoms with E-state index in [9.17, 15) is 4.39 Å². The lowest BCUT2D eigenvalue weighted by Gasteiger charge is -2.14. The SMILES string of the molecule is CCC(C)Oc1cccc(NCc2ccc(F)cc2Cl)c1. The number of hydrogen-bond acceptors (Lipinski definition) is 2. The van der Waals surface area contributed by atoms with Crippen LogP contribution in [0.1, 0.15) is 25.8 Å². The average molecular weight is 308 g/mol. The molecule has 0 saturated carbocycles. The molecule has 0 heterocycles. The summed E-state index contributed by atoms with van der Waals surface area (Å²) >= 11 is 6.01. The van der Waals surface area contributed by atoms with Gasteiger partial charge in [-0.05, 0) is 43.2 Å². The first kappa shape index (κ1) is 15.6. The summed E-state index contributed by atoms with van der Waals surface area (Å²) < 4.78 is 18.8. The Hall–Kier alpha value is -1.74. The largest absolute Gasteiger partial charge is 0.491 e. The van der Waals surface area contributed by atoms with Crippen molar-refractivity contribution in [1.82, 2.24) is 0 Å². The predicted octanol–water partition coefficient (Wildman–Crippen LogP) is 5.27. The highest BCUT2D eigenvalue weighted by atomic mass is 35.5. The Morgan fingerprint density at radius 2 is 2.05 bits per heavy atom. The van der Waals surface area contributed by atoms with Crippen LogP contribution in [0.15, 0.2) is 42.5 Å². The van der Waals surface area contributed by atoms with Gasteiger partial charge in [0.1, 0.15) is 11.6 Å². The lowest BCUT2D eigenvalue weighted by molar-refractivity contribution is 0.217. The molecule has 0 aromatic heterocycles. The molecule has 21 heavy (non-hydrogen) atoms. The fourth-order valence-electron chi connectivity index (χ4n) is 1.86. The highest BCUT2D eigenvalue weighted by molar-refractivity contribution is 6.31. The Kier molecular flexibility index (Phi) is 5.45. The predicted molar refractivity (Wildman–Crippen MR) is 85.6 cm³/mol. The number of ether oxygens (including phenoxy) is 1. The highest BCUT2D eigenvalue weighted by Gasteiger charge is 2.04. The van der Waals surface area contributed by atoms with E-state index in [0.29, 0.717) is 11.6 Å². The summed E-state index contributed by atoms with van der Waals surface area (Å²) in [5.41, 5.74) is 1.79. The summed E-state index contributed by atoms with van der Waals surface area (Å²) in [5.74, 6) is 0.507. The minimum absolute atomic E-state index is 0.187. The molecule has 2 aromatic carbocycles. The Balaban J connectivity index is 2.01. The van der Waals surface area contributed by atoms with Crippen LogP contribution < -0.4 is 10.1 Å². The van der Waals surface area contributed by atoms with Crippen LogP contribution in [0, 0.1) is 5.82 Å². The zero-order valence-corrected chi connectivity index (χ0v) is 13.0. The molecule has 2 nitrogen and oxygen atoms in total. The standard InChI is InChI=1S/C17H19ClFNO/c1-3-12(2)21-16-6-4-5-15(10-16)20-11-13-7-8-14(19)9-17(13)18/h4-10,12,20H,3,11H2,1-2H3. The van der Waals surface area contributed by atoms with E-state index in [1.165, 1.54) is 12.1 Å². The number of benzene rings is 2. The minimum Gasteiger partial charge on any atom is -0.491 e. The first-order valence-corrected chi connectivity index (χ1v) is 7.40. The van der Waals surface area contributed by atoms with Gasteiger partial charge >= 0.3 is 0 Å². The molecule has 0 bridgehead atoms. The van der Waals surface area contributed by atoms with Crippen LogP contribution in [-0.2, 0) is 6.54 Å². The van der Waals surface area contributed by atoms with Gasteiger partial charge in [0, 0.05) is 23.3 Å². The number of nitrogens with one attached hydrogen (secondary N) is 1. The molecular formula is C17H19ClFNO. The van der Waals surface area contributed by atoms with Gasteiger partial charge in [-0.1, -0.05) is 30.7 Å². The molecule has 0 spiro atoms. The number of anilines is 1. The van der Waals surface area contributed by atoms with E-state index in [1.54, 1.807) is 6.07 Å². The topological polar surface area (TPSA) is 21.3 Å². The number of halogens is 2. The van der Waals surface area contributed by atoms with E-state index in [-0.39, 0.29) is 11.9 Å². The Labute approximate surface area is 129 Å². The van der Waals surface area contributed by atoms with E-state index in [0.717, 1.165) is 23.4 Å². The Bertz CT molecular complexity index is 603. The number of rotatable bonds is 6. The van der Waals surface area contributed by atoms with Crippen LogP contribution in [0.3, 0.4) is 0 Å². The van der Waals surface area contributed by atoms with Gasteiger partial charge < -0.3 is 10.1 Å². The van der Waals surface area contributed by atoms with Crippen molar-refractivity contribution >= 4 is 17.3 Å². The maximum absolute atomic E-state index is 13.0. The van der Waals surface area contributed by atoms with Gasteiger partial charge in [0.05, 0.1) is 6.10 Å². The van der Waals surface area contributed by atoms with Crippen LogP contribution in [0.25, 0.3) is 0 Å². The third-order valence-corrected chi connectivity index (χ3v) is 3.60. The van der Waals surface area contributed by atoms with E-state index in [1.807, 2.05) is 31.2 Å². The van der Waals surface area contributed by atoms with Crippen LogP contribution >= 0.6 is 11.6 Å². The molecule has 2 aromatic rings. The lowest BCUT2D eigenvalue weighted by atomic mass is 10.2. The van der Waals surface area contributed by atoms with Crippen molar-refractivity contribution in [3.05, 3.63) is 58.9 Å². The van der Waals surface area contributed by atoms with Gasteiger partial charge in [0.2, 0.25) is 0 Å². The first-order chi connectivity index (χ1) is 10.1. The maximum Gasteiger partial charge on any atom is 0.124 e. The minimum atomic E-state index is -0.326. The van der Waals surface area contributed by atoms with Crippen molar-refractivity contribution < 1.29 is 9.13 Å². The van der Waals surface area contributed by atoms with Crippen molar-refractivity contribution in [2.75, 3.05) is 5.32 Å². The summed E-state index contributed by atoms with van der Waals surface area (Å²) in [6.45, 7) is 4.66.